The number of methoxy groups -OCH3 is 1. The fourth-order valence-electron chi connectivity index (χ4n) is 2.81. The largest absolute Gasteiger partial charge is 0.465 e. The number of hydrogen-bond acceptors (Lipinski definition) is 5. The van der Waals surface area contributed by atoms with Gasteiger partial charge in [0.05, 0.1) is 25.6 Å². The highest BCUT2D eigenvalue weighted by Crippen LogP contribution is 2.23. The number of benzene rings is 2. The van der Waals surface area contributed by atoms with Crippen molar-refractivity contribution in [2.45, 2.75) is 19.0 Å². The van der Waals surface area contributed by atoms with Gasteiger partial charge in [-0.3, -0.25) is 14.5 Å². The number of rotatable bonds is 5. The van der Waals surface area contributed by atoms with E-state index in [0.717, 1.165) is 5.56 Å². The fraction of sp³-hybridized carbons (Fsp3) is 0.211. The number of imide groups is 1. The first-order valence-corrected chi connectivity index (χ1v) is 7.92. The first kappa shape index (κ1) is 16.7. The van der Waals surface area contributed by atoms with E-state index in [1.807, 2.05) is 30.3 Å². The van der Waals surface area contributed by atoms with Crippen molar-refractivity contribution in [1.29, 1.82) is 0 Å². The number of ether oxygens (including phenoxy) is 1. The maximum atomic E-state index is 12.6. The van der Waals surface area contributed by atoms with Gasteiger partial charge in [-0.25, -0.2) is 4.79 Å². The molecule has 2 aromatic rings. The minimum absolute atomic E-state index is 0.0567. The highest BCUT2D eigenvalue weighted by atomic mass is 16.5. The second-order valence-electron chi connectivity index (χ2n) is 5.74. The molecule has 0 saturated carbocycles. The Morgan fingerprint density at radius 3 is 2.52 bits per heavy atom. The predicted octanol–water partition coefficient (Wildman–Crippen LogP) is 2.21. The molecule has 1 heterocycles. The summed E-state index contributed by atoms with van der Waals surface area (Å²) in [5.74, 6) is -1.03. The van der Waals surface area contributed by atoms with E-state index >= 15 is 0 Å². The average molecular weight is 338 g/mol. The van der Waals surface area contributed by atoms with Crippen LogP contribution in [0.2, 0.25) is 0 Å². The molecule has 1 saturated heterocycles. The average Bonchev–Trinajstić information content (AvgIpc) is 2.90. The molecule has 1 atom stereocenters. The lowest BCUT2D eigenvalue weighted by Gasteiger charge is -2.17. The van der Waals surface area contributed by atoms with Gasteiger partial charge >= 0.3 is 5.97 Å². The zero-order valence-electron chi connectivity index (χ0n) is 13.8. The molecule has 1 N–H and O–H groups in total. The Hall–Kier alpha value is -3.15. The minimum Gasteiger partial charge on any atom is -0.465 e. The van der Waals surface area contributed by atoms with Gasteiger partial charge in [0, 0.05) is 5.69 Å². The second-order valence-corrected chi connectivity index (χ2v) is 5.74. The molecule has 0 spiro atoms. The number of para-hydroxylation sites is 1. The Morgan fingerprint density at radius 1 is 1.12 bits per heavy atom. The van der Waals surface area contributed by atoms with Crippen LogP contribution in [0.5, 0.6) is 0 Å². The van der Waals surface area contributed by atoms with Crippen LogP contribution in [0.1, 0.15) is 22.3 Å². The van der Waals surface area contributed by atoms with Crippen LogP contribution in [-0.4, -0.2) is 35.8 Å². The third-order valence-electron chi connectivity index (χ3n) is 4.09. The zero-order chi connectivity index (χ0) is 17.8. The molecule has 128 valence electrons. The Labute approximate surface area is 145 Å². The molecule has 0 aliphatic carbocycles. The predicted molar refractivity (Wildman–Crippen MR) is 91.8 cm³/mol. The Balaban J connectivity index is 1.76. The number of nitrogens with zero attached hydrogens (tertiary/aromatic N) is 1. The first-order valence-electron chi connectivity index (χ1n) is 7.92. The standard InChI is InChI=1S/C19H18N2O4/c1-25-19(24)14-9-5-6-10-15(14)20-16-11-17(22)21(18(16)23)12-13-7-3-2-4-8-13/h2-10,16,20H,11-12H2,1H3. The summed E-state index contributed by atoms with van der Waals surface area (Å²) in [6.07, 6.45) is 0.0567. The maximum Gasteiger partial charge on any atom is 0.339 e. The molecule has 6 nitrogen and oxygen atoms in total. The summed E-state index contributed by atoms with van der Waals surface area (Å²) in [4.78, 5) is 37.9. The maximum absolute atomic E-state index is 12.6. The molecule has 25 heavy (non-hydrogen) atoms. The van der Waals surface area contributed by atoms with Crippen molar-refractivity contribution in [2.24, 2.45) is 0 Å². The number of esters is 1. The van der Waals surface area contributed by atoms with E-state index in [4.69, 9.17) is 4.74 Å². The molecule has 2 amide bonds. The fourth-order valence-corrected chi connectivity index (χ4v) is 2.81. The van der Waals surface area contributed by atoms with Crippen molar-refractivity contribution in [3.63, 3.8) is 0 Å². The van der Waals surface area contributed by atoms with Crippen molar-refractivity contribution in [3.8, 4) is 0 Å². The molecule has 2 aromatic carbocycles. The van der Waals surface area contributed by atoms with Crippen LogP contribution in [-0.2, 0) is 20.9 Å². The minimum atomic E-state index is -0.693. The molecule has 3 rings (SSSR count). The van der Waals surface area contributed by atoms with E-state index in [1.165, 1.54) is 12.0 Å². The van der Waals surface area contributed by atoms with Crippen LogP contribution in [0.4, 0.5) is 5.69 Å². The van der Waals surface area contributed by atoms with Gasteiger partial charge in [0.15, 0.2) is 0 Å². The zero-order valence-corrected chi connectivity index (χ0v) is 13.8. The molecular formula is C19H18N2O4. The number of likely N-dealkylation sites (tertiary alicyclic amines) is 1. The van der Waals surface area contributed by atoms with Gasteiger partial charge in [-0.2, -0.15) is 0 Å². The summed E-state index contributed by atoms with van der Waals surface area (Å²) in [6.45, 7) is 0.245. The van der Waals surface area contributed by atoms with E-state index in [-0.39, 0.29) is 24.8 Å². The number of nitrogens with one attached hydrogen (secondary N) is 1. The van der Waals surface area contributed by atoms with Gasteiger partial charge in [0.25, 0.3) is 5.91 Å². The summed E-state index contributed by atoms with van der Waals surface area (Å²) in [7, 11) is 1.30. The summed E-state index contributed by atoms with van der Waals surface area (Å²) < 4.78 is 4.75. The van der Waals surface area contributed by atoms with Gasteiger partial charge in [-0.1, -0.05) is 42.5 Å². The molecule has 1 fully saturated rings. The molecule has 0 bridgehead atoms. The topological polar surface area (TPSA) is 75.7 Å². The molecule has 0 aromatic heterocycles. The number of hydrogen-bond donors (Lipinski definition) is 1. The van der Waals surface area contributed by atoms with E-state index in [2.05, 4.69) is 5.32 Å². The van der Waals surface area contributed by atoms with Crippen molar-refractivity contribution in [3.05, 3.63) is 65.7 Å². The molecule has 1 unspecified atom stereocenters. The number of carbonyl (C=O) groups is 3. The molecule has 1 aliphatic heterocycles. The monoisotopic (exact) mass is 338 g/mol. The lowest BCUT2D eigenvalue weighted by atomic mass is 10.1. The summed E-state index contributed by atoms with van der Waals surface area (Å²) >= 11 is 0. The lowest BCUT2D eigenvalue weighted by Crippen LogP contribution is -2.34. The Bertz CT molecular complexity index is 804. The third-order valence-corrected chi connectivity index (χ3v) is 4.09. The van der Waals surface area contributed by atoms with Gasteiger partial charge in [0.2, 0.25) is 5.91 Å². The van der Waals surface area contributed by atoms with Gasteiger partial charge in [0.1, 0.15) is 6.04 Å². The Morgan fingerprint density at radius 2 is 1.80 bits per heavy atom. The smallest absolute Gasteiger partial charge is 0.339 e. The quantitative estimate of drug-likeness (QED) is 0.668. The van der Waals surface area contributed by atoms with Gasteiger partial charge in [-0.05, 0) is 17.7 Å². The molecule has 6 heteroatoms. The summed E-state index contributed by atoms with van der Waals surface area (Å²) in [5, 5.41) is 3.01. The number of anilines is 1. The number of carbonyl (C=O) groups excluding carboxylic acids is 3. The van der Waals surface area contributed by atoms with Gasteiger partial charge < -0.3 is 10.1 Å². The molecule has 0 radical (unpaired) electrons. The van der Waals surface area contributed by atoms with Crippen molar-refractivity contribution in [2.75, 3.05) is 12.4 Å². The Kier molecular flexibility index (Phi) is 4.79. The van der Waals surface area contributed by atoms with Crippen molar-refractivity contribution >= 4 is 23.5 Å². The summed E-state index contributed by atoms with van der Waals surface area (Å²) in [6, 6.07) is 15.4. The first-order chi connectivity index (χ1) is 12.1. The van der Waals surface area contributed by atoms with Crippen molar-refractivity contribution in [1.82, 2.24) is 4.90 Å². The van der Waals surface area contributed by atoms with E-state index in [1.54, 1.807) is 24.3 Å². The number of amides is 2. The van der Waals surface area contributed by atoms with Crippen LogP contribution >= 0.6 is 0 Å². The van der Waals surface area contributed by atoms with Crippen LogP contribution in [0.3, 0.4) is 0 Å². The van der Waals surface area contributed by atoms with Gasteiger partial charge in [-0.15, -0.1) is 0 Å². The lowest BCUT2D eigenvalue weighted by molar-refractivity contribution is -0.139. The van der Waals surface area contributed by atoms with E-state index < -0.39 is 12.0 Å². The van der Waals surface area contributed by atoms with E-state index in [9.17, 15) is 14.4 Å². The highest BCUT2D eigenvalue weighted by Gasteiger charge is 2.38. The SMILES string of the molecule is COC(=O)c1ccccc1NC1CC(=O)N(Cc2ccccc2)C1=O. The van der Waals surface area contributed by atoms with Crippen LogP contribution < -0.4 is 5.32 Å². The van der Waals surface area contributed by atoms with Crippen LogP contribution in [0.15, 0.2) is 54.6 Å². The second kappa shape index (κ2) is 7.17. The normalized spacial score (nSPS) is 16.8. The molecular weight excluding hydrogens is 320 g/mol. The highest BCUT2D eigenvalue weighted by molar-refractivity contribution is 6.07. The van der Waals surface area contributed by atoms with E-state index in [0.29, 0.717) is 11.3 Å². The van der Waals surface area contributed by atoms with Crippen LogP contribution in [0.25, 0.3) is 0 Å². The summed E-state index contributed by atoms with van der Waals surface area (Å²) in [5.41, 5.74) is 1.69. The molecule has 1 aliphatic rings. The van der Waals surface area contributed by atoms with Crippen molar-refractivity contribution < 1.29 is 19.1 Å². The third kappa shape index (κ3) is 3.52. The van der Waals surface area contributed by atoms with Crippen LogP contribution in [0, 0.1) is 0 Å².